The van der Waals surface area contributed by atoms with E-state index >= 15 is 0 Å². The molecule has 1 saturated carbocycles. The molecular formula is C18H17NO2. The van der Waals surface area contributed by atoms with Gasteiger partial charge in [-0.1, -0.05) is 30.3 Å². The SMILES string of the molecule is O=C(O)C1=c2ccccc2=CN2CC=C3CCCCC3=C12. The van der Waals surface area contributed by atoms with Crippen molar-refractivity contribution in [2.45, 2.75) is 25.7 Å². The van der Waals surface area contributed by atoms with E-state index in [1.807, 2.05) is 24.3 Å². The monoisotopic (exact) mass is 279 g/mol. The summed E-state index contributed by atoms with van der Waals surface area (Å²) in [7, 11) is 0. The molecule has 0 unspecified atom stereocenters. The van der Waals surface area contributed by atoms with Crippen LogP contribution < -0.4 is 10.4 Å². The van der Waals surface area contributed by atoms with Gasteiger partial charge in [0.2, 0.25) is 0 Å². The van der Waals surface area contributed by atoms with Gasteiger partial charge in [-0.3, -0.25) is 0 Å². The van der Waals surface area contributed by atoms with Crippen LogP contribution in [0.15, 0.2) is 47.2 Å². The van der Waals surface area contributed by atoms with Gasteiger partial charge in [0.05, 0.1) is 11.3 Å². The maximum atomic E-state index is 11.9. The van der Waals surface area contributed by atoms with E-state index in [0.29, 0.717) is 5.57 Å². The van der Waals surface area contributed by atoms with E-state index in [-0.39, 0.29) is 0 Å². The average Bonchev–Trinajstić information content (AvgIpc) is 2.52. The molecule has 3 nitrogen and oxygen atoms in total. The summed E-state index contributed by atoms with van der Waals surface area (Å²) in [6, 6.07) is 7.77. The van der Waals surface area contributed by atoms with Gasteiger partial charge in [0, 0.05) is 12.7 Å². The molecule has 1 N–H and O–H groups in total. The van der Waals surface area contributed by atoms with Crippen LogP contribution in [0.1, 0.15) is 25.7 Å². The van der Waals surface area contributed by atoms with Gasteiger partial charge in [-0.05, 0) is 47.3 Å². The van der Waals surface area contributed by atoms with Gasteiger partial charge < -0.3 is 10.0 Å². The van der Waals surface area contributed by atoms with Crippen LogP contribution in [-0.4, -0.2) is 22.5 Å². The zero-order valence-electron chi connectivity index (χ0n) is 11.8. The molecule has 0 spiro atoms. The van der Waals surface area contributed by atoms with Crippen molar-refractivity contribution in [2.24, 2.45) is 0 Å². The summed E-state index contributed by atoms with van der Waals surface area (Å²) < 4.78 is 0. The fourth-order valence-electron chi connectivity index (χ4n) is 3.66. The van der Waals surface area contributed by atoms with Crippen molar-refractivity contribution in [3.63, 3.8) is 0 Å². The van der Waals surface area contributed by atoms with Crippen LogP contribution in [0.25, 0.3) is 11.8 Å². The van der Waals surface area contributed by atoms with Crippen LogP contribution in [0, 0.1) is 0 Å². The number of hydrogen-bond donors (Lipinski definition) is 1. The summed E-state index contributed by atoms with van der Waals surface area (Å²) in [6.45, 7) is 0.777. The largest absolute Gasteiger partial charge is 0.478 e. The van der Waals surface area contributed by atoms with Gasteiger partial charge in [-0.2, -0.15) is 0 Å². The number of fused-ring (bicyclic) bond motifs is 3. The zero-order chi connectivity index (χ0) is 14.4. The summed E-state index contributed by atoms with van der Waals surface area (Å²) >= 11 is 0. The third kappa shape index (κ3) is 1.84. The van der Waals surface area contributed by atoms with E-state index in [0.717, 1.165) is 41.9 Å². The first-order chi connectivity index (χ1) is 10.3. The Hall–Kier alpha value is -2.29. The Morgan fingerprint density at radius 1 is 1.14 bits per heavy atom. The Morgan fingerprint density at radius 2 is 1.95 bits per heavy atom. The van der Waals surface area contributed by atoms with Gasteiger partial charge in [0.1, 0.15) is 0 Å². The van der Waals surface area contributed by atoms with Gasteiger partial charge in [-0.25, -0.2) is 4.79 Å². The van der Waals surface area contributed by atoms with Crippen LogP contribution in [-0.2, 0) is 4.79 Å². The summed E-state index contributed by atoms with van der Waals surface area (Å²) in [6.07, 6.45) is 8.80. The lowest BCUT2D eigenvalue weighted by molar-refractivity contribution is -0.130. The Balaban J connectivity index is 2.08. The summed E-state index contributed by atoms with van der Waals surface area (Å²) in [5.74, 6) is -0.824. The summed E-state index contributed by atoms with van der Waals surface area (Å²) in [4.78, 5) is 14.0. The molecule has 4 rings (SSSR count). The van der Waals surface area contributed by atoms with Crippen LogP contribution >= 0.6 is 0 Å². The lowest BCUT2D eigenvalue weighted by Crippen LogP contribution is -2.41. The highest BCUT2D eigenvalue weighted by molar-refractivity contribution is 6.15. The Kier molecular flexibility index (Phi) is 2.74. The Bertz CT molecular complexity index is 814. The number of rotatable bonds is 1. The van der Waals surface area contributed by atoms with E-state index in [4.69, 9.17) is 0 Å². The number of allylic oxidation sites excluding steroid dienone is 2. The molecule has 0 saturated heterocycles. The fourth-order valence-corrected chi connectivity index (χ4v) is 3.66. The normalized spacial score (nSPS) is 20.1. The number of carboxylic acid groups (broad SMARTS) is 1. The first kappa shape index (κ1) is 12.5. The second-order valence-electron chi connectivity index (χ2n) is 5.81. The Labute approximate surface area is 123 Å². The molecule has 1 aromatic rings. The van der Waals surface area contributed by atoms with Crippen molar-refractivity contribution < 1.29 is 9.90 Å². The minimum absolute atomic E-state index is 0.468. The highest BCUT2D eigenvalue weighted by Gasteiger charge is 2.30. The molecule has 0 atom stereocenters. The molecule has 2 heterocycles. The quantitative estimate of drug-likeness (QED) is 0.851. The van der Waals surface area contributed by atoms with E-state index in [9.17, 15) is 9.90 Å². The van der Waals surface area contributed by atoms with Crippen LogP contribution in [0.4, 0.5) is 0 Å². The molecule has 106 valence electrons. The predicted molar refractivity (Wildman–Crippen MR) is 81.5 cm³/mol. The highest BCUT2D eigenvalue weighted by Crippen LogP contribution is 2.38. The maximum Gasteiger partial charge on any atom is 0.338 e. The van der Waals surface area contributed by atoms with Gasteiger partial charge in [0.25, 0.3) is 0 Å². The first-order valence-electron chi connectivity index (χ1n) is 7.50. The smallest absolute Gasteiger partial charge is 0.338 e. The summed E-state index contributed by atoms with van der Waals surface area (Å²) in [5, 5.41) is 11.6. The van der Waals surface area contributed by atoms with E-state index in [1.54, 1.807) is 0 Å². The lowest BCUT2D eigenvalue weighted by atomic mass is 9.83. The first-order valence-corrected chi connectivity index (χ1v) is 7.50. The van der Waals surface area contributed by atoms with Gasteiger partial charge >= 0.3 is 5.97 Å². The minimum atomic E-state index is -0.824. The van der Waals surface area contributed by atoms with Crippen molar-refractivity contribution in [3.05, 3.63) is 57.6 Å². The zero-order valence-corrected chi connectivity index (χ0v) is 11.8. The number of carbonyl (C=O) groups is 1. The fraction of sp³-hybridized carbons (Fsp3) is 0.278. The second kappa shape index (κ2) is 4.62. The predicted octanol–water partition coefficient (Wildman–Crippen LogP) is 1.74. The second-order valence-corrected chi connectivity index (χ2v) is 5.81. The molecule has 0 radical (unpaired) electrons. The molecular weight excluding hydrogens is 262 g/mol. The van der Waals surface area contributed by atoms with Crippen molar-refractivity contribution in [1.29, 1.82) is 0 Å². The van der Waals surface area contributed by atoms with Crippen molar-refractivity contribution in [1.82, 2.24) is 4.90 Å². The molecule has 3 aliphatic rings. The van der Waals surface area contributed by atoms with Crippen molar-refractivity contribution in [3.8, 4) is 0 Å². The Morgan fingerprint density at radius 3 is 2.81 bits per heavy atom. The molecule has 2 aliphatic heterocycles. The van der Waals surface area contributed by atoms with Gasteiger partial charge in [0.15, 0.2) is 0 Å². The lowest BCUT2D eigenvalue weighted by Gasteiger charge is -2.35. The van der Waals surface area contributed by atoms with Crippen LogP contribution in [0.2, 0.25) is 0 Å². The summed E-state index contributed by atoms with van der Waals surface area (Å²) in [5.41, 5.74) is 4.00. The number of hydrogen-bond acceptors (Lipinski definition) is 2. The standard InChI is InChI=1S/C18H17NO2/c20-18(21)16-14-7-3-2-6-13(14)11-19-10-9-12-5-1-4-8-15(12)17(16)19/h2-3,6-7,9,11H,1,4-5,8,10H2,(H,20,21). The van der Waals surface area contributed by atoms with Crippen LogP contribution in [0.3, 0.4) is 0 Å². The topological polar surface area (TPSA) is 40.5 Å². The molecule has 1 aliphatic carbocycles. The van der Waals surface area contributed by atoms with E-state index in [2.05, 4.69) is 17.2 Å². The third-order valence-electron chi connectivity index (χ3n) is 4.59. The third-order valence-corrected chi connectivity index (χ3v) is 4.59. The van der Waals surface area contributed by atoms with Crippen molar-refractivity contribution >= 4 is 17.7 Å². The average molecular weight is 279 g/mol. The molecule has 21 heavy (non-hydrogen) atoms. The molecule has 3 heteroatoms. The number of benzene rings is 1. The molecule has 0 amide bonds. The number of nitrogens with zero attached hydrogens (tertiary/aromatic N) is 1. The highest BCUT2D eigenvalue weighted by atomic mass is 16.4. The molecule has 0 bridgehead atoms. The molecule has 0 aromatic heterocycles. The van der Waals surface area contributed by atoms with Crippen LogP contribution in [0.5, 0.6) is 0 Å². The number of carboxylic acids is 1. The molecule has 1 aromatic carbocycles. The van der Waals surface area contributed by atoms with E-state index < -0.39 is 5.97 Å². The molecule has 1 fully saturated rings. The minimum Gasteiger partial charge on any atom is -0.478 e. The van der Waals surface area contributed by atoms with Gasteiger partial charge in [-0.15, -0.1) is 0 Å². The van der Waals surface area contributed by atoms with E-state index in [1.165, 1.54) is 17.6 Å². The van der Waals surface area contributed by atoms with Crippen molar-refractivity contribution in [2.75, 3.05) is 6.54 Å². The number of aliphatic carboxylic acids is 1. The maximum absolute atomic E-state index is 11.9.